The van der Waals surface area contributed by atoms with Crippen molar-refractivity contribution in [1.29, 1.82) is 0 Å². The molecule has 0 aliphatic rings. The molecule has 382 valence electrons. The Balaban J connectivity index is 0.000000287. The molecule has 0 fully saturated rings. The first kappa shape index (κ1) is 60.7. The fourth-order valence-corrected chi connectivity index (χ4v) is 7.19. The molecule has 0 atom stereocenters. The molecule has 0 spiro atoms. The van der Waals surface area contributed by atoms with Gasteiger partial charge in [0.1, 0.15) is 0 Å². The van der Waals surface area contributed by atoms with Crippen LogP contribution in [0.5, 0.6) is 0 Å². The fraction of sp³-hybridized carbons (Fsp3) is 0.261. The number of ketones is 3. The first-order valence-corrected chi connectivity index (χ1v) is 25.7. The summed E-state index contributed by atoms with van der Waals surface area (Å²) < 4.78 is 0. The average Bonchev–Trinajstić information content (AvgIpc) is 3.38. The van der Waals surface area contributed by atoms with E-state index >= 15 is 0 Å². The predicted molar refractivity (Wildman–Crippen MR) is 312 cm³/mol. The molecular weight excluding hydrogens is 983 g/mol. The van der Waals surface area contributed by atoms with E-state index in [0.717, 1.165) is 33.4 Å². The second-order valence-electron chi connectivity index (χ2n) is 20.1. The molecule has 4 heteroatoms. The normalized spacial score (nSPS) is 11.8. The van der Waals surface area contributed by atoms with Crippen LogP contribution < -0.4 is 0 Å². The largest absolute Gasteiger partial charge is 0.290 e. The Morgan fingerprint density at radius 1 is 0.233 bits per heavy atom. The predicted octanol–water partition coefficient (Wildman–Crippen LogP) is 18.7. The van der Waals surface area contributed by atoms with Gasteiger partial charge >= 0.3 is 0 Å². The Morgan fingerprint density at radius 2 is 0.342 bits per heavy atom. The van der Waals surface area contributed by atoms with Crippen molar-refractivity contribution in [2.24, 2.45) is 0 Å². The SMILES string of the molecule is CC(C)c1ccc(C=CC(=O)C=Cc2ccc(C(C)C)cc2)cc1.CC(C)c1ccc(C=CC(=O)C=Cc2ccc(C(C)C)cc2)cc1.CC(C)c1ccc(C=CC(=O)C=Cc2ccc(C(C)C)cc2)cc1.[Pd]. The number of allylic oxidation sites excluding steroid dienone is 6. The number of hydrogen-bond acceptors (Lipinski definition) is 3. The van der Waals surface area contributed by atoms with Crippen molar-refractivity contribution in [3.8, 4) is 0 Å². The van der Waals surface area contributed by atoms with Crippen molar-refractivity contribution in [1.82, 2.24) is 0 Å². The molecule has 0 saturated heterocycles. The molecule has 0 aromatic heterocycles. The maximum absolute atomic E-state index is 12.0. The topological polar surface area (TPSA) is 51.2 Å². The van der Waals surface area contributed by atoms with Crippen LogP contribution in [0.15, 0.2) is 182 Å². The molecule has 6 aromatic rings. The molecule has 0 saturated carbocycles. The van der Waals surface area contributed by atoms with Crippen LogP contribution in [0.3, 0.4) is 0 Å². The standard InChI is InChI=1S/3C23H26O.Pd/c3*1-17(2)21-11-5-19(6-12-21)9-15-23(24)16-10-20-7-13-22(14-8-20)18(3)4;/h3*5-18H,1-4H3;. The maximum atomic E-state index is 12.0. The Morgan fingerprint density at radius 3 is 0.438 bits per heavy atom. The summed E-state index contributed by atoms with van der Waals surface area (Å²) in [6.07, 6.45) is 20.8. The fourth-order valence-electron chi connectivity index (χ4n) is 7.19. The Hall–Kier alpha value is -6.57. The summed E-state index contributed by atoms with van der Waals surface area (Å²) in [6, 6.07) is 49.9. The van der Waals surface area contributed by atoms with E-state index in [1.165, 1.54) is 33.4 Å². The third-order valence-electron chi connectivity index (χ3n) is 12.3. The summed E-state index contributed by atoms with van der Waals surface area (Å²) in [4.78, 5) is 35.9. The first-order valence-electron chi connectivity index (χ1n) is 25.7. The van der Waals surface area contributed by atoms with E-state index in [9.17, 15) is 14.4 Å². The summed E-state index contributed by atoms with van der Waals surface area (Å²) in [6.45, 7) is 26.1. The Bertz CT molecular complexity index is 2270. The van der Waals surface area contributed by atoms with Gasteiger partial charge in [0.25, 0.3) is 0 Å². The number of carbonyl (C=O) groups excluding carboxylic acids is 3. The van der Waals surface area contributed by atoms with Crippen molar-refractivity contribution in [2.45, 2.75) is 119 Å². The van der Waals surface area contributed by atoms with Crippen LogP contribution in [0.2, 0.25) is 0 Å². The van der Waals surface area contributed by atoms with Gasteiger partial charge in [0.15, 0.2) is 17.3 Å². The second-order valence-corrected chi connectivity index (χ2v) is 20.1. The number of rotatable bonds is 18. The van der Waals surface area contributed by atoms with Crippen LogP contribution in [0.4, 0.5) is 0 Å². The van der Waals surface area contributed by atoms with Crippen molar-refractivity contribution < 1.29 is 34.8 Å². The van der Waals surface area contributed by atoms with Gasteiger partial charge in [0, 0.05) is 20.4 Å². The molecular formula is C69H78O3Pd. The van der Waals surface area contributed by atoms with Gasteiger partial charge in [0.2, 0.25) is 0 Å². The van der Waals surface area contributed by atoms with Crippen molar-refractivity contribution in [2.75, 3.05) is 0 Å². The Labute approximate surface area is 453 Å². The zero-order valence-electron chi connectivity index (χ0n) is 45.3. The zero-order valence-corrected chi connectivity index (χ0v) is 46.8. The van der Waals surface area contributed by atoms with Crippen molar-refractivity contribution in [3.05, 3.63) is 249 Å². The van der Waals surface area contributed by atoms with Crippen LogP contribution in [-0.4, -0.2) is 17.3 Å². The minimum atomic E-state index is -0.00382. The Kier molecular flexibility index (Phi) is 26.5. The van der Waals surface area contributed by atoms with Gasteiger partial charge < -0.3 is 0 Å². The molecule has 0 amide bonds. The van der Waals surface area contributed by atoms with E-state index in [-0.39, 0.29) is 37.8 Å². The molecule has 3 nitrogen and oxygen atoms in total. The monoisotopic (exact) mass is 1060 g/mol. The molecule has 0 heterocycles. The minimum Gasteiger partial charge on any atom is -0.290 e. The molecule has 6 aromatic carbocycles. The van der Waals surface area contributed by atoms with Gasteiger partial charge in [-0.3, -0.25) is 14.4 Å². The zero-order chi connectivity index (χ0) is 52.6. The van der Waals surface area contributed by atoms with E-state index in [4.69, 9.17) is 0 Å². The second kappa shape index (κ2) is 31.8. The van der Waals surface area contributed by atoms with Gasteiger partial charge in [-0.05, 0) is 139 Å². The average molecular weight is 1060 g/mol. The maximum Gasteiger partial charge on any atom is 0.178 e. The first-order chi connectivity index (χ1) is 34.4. The summed E-state index contributed by atoms with van der Waals surface area (Å²) in [7, 11) is 0. The van der Waals surface area contributed by atoms with Crippen molar-refractivity contribution >= 4 is 53.8 Å². The molecule has 0 bridgehead atoms. The van der Waals surface area contributed by atoms with Gasteiger partial charge in [-0.2, -0.15) is 0 Å². The molecule has 0 N–H and O–H groups in total. The molecule has 6 rings (SSSR count). The summed E-state index contributed by atoms with van der Waals surface area (Å²) >= 11 is 0. The van der Waals surface area contributed by atoms with Gasteiger partial charge in [-0.15, -0.1) is 0 Å². The van der Waals surface area contributed by atoms with Crippen LogP contribution in [0.1, 0.15) is 185 Å². The van der Waals surface area contributed by atoms with Crippen LogP contribution >= 0.6 is 0 Å². The molecule has 0 unspecified atom stereocenters. The van der Waals surface area contributed by atoms with Gasteiger partial charge in [-0.1, -0.05) is 265 Å². The van der Waals surface area contributed by atoms with Crippen LogP contribution in [0, 0.1) is 0 Å². The minimum absolute atomic E-state index is 0. The van der Waals surface area contributed by atoms with E-state index < -0.39 is 0 Å². The number of carbonyl (C=O) groups is 3. The third kappa shape index (κ3) is 22.8. The molecule has 0 aliphatic heterocycles. The summed E-state index contributed by atoms with van der Waals surface area (Å²) in [5, 5.41) is 0. The van der Waals surface area contributed by atoms with E-state index in [1.54, 1.807) is 36.5 Å². The third-order valence-corrected chi connectivity index (χ3v) is 12.3. The molecule has 73 heavy (non-hydrogen) atoms. The molecule has 0 aliphatic carbocycles. The van der Waals surface area contributed by atoms with Gasteiger partial charge in [-0.25, -0.2) is 0 Å². The van der Waals surface area contributed by atoms with Crippen LogP contribution in [0.25, 0.3) is 36.5 Å². The van der Waals surface area contributed by atoms with Crippen LogP contribution in [-0.2, 0) is 34.8 Å². The smallest absolute Gasteiger partial charge is 0.178 e. The van der Waals surface area contributed by atoms with E-state index in [2.05, 4.69) is 156 Å². The van der Waals surface area contributed by atoms with Crippen molar-refractivity contribution in [3.63, 3.8) is 0 Å². The van der Waals surface area contributed by atoms with Gasteiger partial charge in [0.05, 0.1) is 0 Å². The molecule has 0 radical (unpaired) electrons. The number of benzene rings is 6. The van der Waals surface area contributed by atoms with E-state index in [0.29, 0.717) is 35.5 Å². The number of hydrogen-bond donors (Lipinski definition) is 0. The quantitative estimate of drug-likeness (QED) is 0.0637. The summed E-state index contributed by atoms with van der Waals surface area (Å²) in [5.74, 6) is 3.13. The van der Waals surface area contributed by atoms with E-state index in [1.807, 2.05) is 109 Å². The summed E-state index contributed by atoms with van der Waals surface area (Å²) in [5.41, 5.74) is 14.1.